The highest BCUT2D eigenvalue weighted by Crippen LogP contribution is 2.13. The van der Waals surface area contributed by atoms with Crippen molar-refractivity contribution in [2.75, 3.05) is 7.05 Å². The molecular formula is C11H16N4O2S2. The Bertz CT molecular complexity index is 645. The third-order valence-electron chi connectivity index (χ3n) is 2.47. The maximum absolute atomic E-state index is 12.1. The molecule has 0 aromatic carbocycles. The minimum atomic E-state index is -3.49. The third-order valence-corrected chi connectivity index (χ3v) is 4.82. The van der Waals surface area contributed by atoms with E-state index in [2.05, 4.69) is 20.0 Å². The summed E-state index contributed by atoms with van der Waals surface area (Å²) in [7, 11) is -1.69. The van der Waals surface area contributed by atoms with E-state index >= 15 is 0 Å². The Balaban J connectivity index is 2.04. The number of nitrogens with one attached hydrogen (secondary N) is 3. The summed E-state index contributed by atoms with van der Waals surface area (Å²) in [5.74, 6) is 0. The molecule has 0 fully saturated rings. The normalized spacial score (nSPS) is 11.9. The van der Waals surface area contributed by atoms with Crippen LogP contribution < -0.4 is 10.0 Å². The van der Waals surface area contributed by atoms with Crippen molar-refractivity contribution in [3.05, 3.63) is 34.0 Å². The first kappa shape index (κ1) is 14.2. The number of aryl methyl sites for hydroxylation is 1. The number of aromatic amines is 1. The summed E-state index contributed by atoms with van der Waals surface area (Å²) >= 11 is 1.44. The molecule has 2 rings (SSSR count). The summed E-state index contributed by atoms with van der Waals surface area (Å²) in [5, 5.41) is 5.60. The smallest absolute Gasteiger partial charge is 0.242 e. The van der Waals surface area contributed by atoms with Crippen molar-refractivity contribution < 1.29 is 8.42 Å². The van der Waals surface area contributed by atoms with Gasteiger partial charge in [-0.1, -0.05) is 0 Å². The fourth-order valence-corrected chi connectivity index (χ4v) is 3.40. The van der Waals surface area contributed by atoms with Gasteiger partial charge in [0.05, 0.1) is 11.4 Å². The van der Waals surface area contributed by atoms with Crippen LogP contribution in [-0.2, 0) is 23.1 Å². The van der Waals surface area contributed by atoms with E-state index < -0.39 is 10.0 Å². The van der Waals surface area contributed by atoms with Gasteiger partial charge in [-0.15, -0.1) is 11.3 Å². The number of sulfonamides is 1. The van der Waals surface area contributed by atoms with Crippen LogP contribution in [0, 0.1) is 6.92 Å². The van der Waals surface area contributed by atoms with Crippen LogP contribution in [0.25, 0.3) is 0 Å². The van der Waals surface area contributed by atoms with Crippen molar-refractivity contribution in [2.24, 2.45) is 0 Å². The molecule has 0 amide bonds. The summed E-state index contributed by atoms with van der Waals surface area (Å²) in [4.78, 5) is 7.38. The average molecular weight is 300 g/mol. The lowest BCUT2D eigenvalue weighted by Gasteiger charge is -2.02. The topological polar surface area (TPSA) is 86.9 Å². The molecule has 0 saturated carbocycles. The van der Waals surface area contributed by atoms with Crippen molar-refractivity contribution in [3.63, 3.8) is 0 Å². The summed E-state index contributed by atoms with van der Waals surface area (Å²) in [6, 6.07) is 1.62. The second-order valence-corrected chi connectivity index (χ2v) is 6.81. The van der Waals surface area contributed by atoms with Crippen molar-refractivity contribution in [2.45, 2.75) is 24.9 Å². The van der Waals surface area contributed by atoms with Crippen LogP contribution in [0.15, 0.2) is 22.5 Å². The third kappa shape index (κ3) is 3.63. The Morgan fingerprint density at radius 2 is 2.21 bits per heavy atom. The van der Waals surface area contributed by atoms with Gasteiger partial charge in [-0.3, -0.25) is 0 Å². The number of H-pyrrole nitrogens is 1. The molecule has 2 aromatic heterocycles. The van der Waals surface area contributed by atoms with Gasteiger partial charge in [0.1, 0.15) is 5.01 Å². The molecule has 0 atom stereocenters. The number of rotatable bonds is 6. The number of hydrogen-bond acceptors (Lipinski definition) is 5. The monoisotopic (exact) mass is 300 g/mol. The zero-order valence-corrected chi connectivity index (χ0v) is 12.4. The molecule has 3 N–H and O–H groups in total. The largest absolute Gasteiger partial charge is 0.363 e. The molecule has 0 bridgehead atoms. The molecule has 6 nitrogen and oxygen atoms in total. The van der Waals surface area contributed by atoms with Gasteiger partial charge in [-0.2, -0.15) is 0 Å². The Hall–Kier alpha value is -1.22. The SMILES string of the molecule is CNCc1cc(S(=O)(=O)NCc2nc(C)cs2)c[nH]1. The van der Waals surface area contributed by atoms with Crippen LogP contribution in [0.2, 0.25) is 0 Å². The molecule has 2 heterocycles. The zero-order chi connectivity index (χ0) is 13.9. The van der Waals surface area contributed by atoms with E-state index in [1.54, 1.807) is 13.1 Å². The molecule has 2 aromatic rings. The van der Waals surface area contributed by atoms with Gasteiger partial charge in [0.25, 0.3) is 0 Å². The molecule has 0 radical (unpaired) electrons. The van der Waals surface area contributed by atoms with Crippen LogP contribution in [0.4, 0.5) is 0 Å². The van der Waals surface area contributed by atoms with Gasteiger partial charge in [0, 0.05) is 29.5 Å². The minimum Gasteiger partial charge on any atom is -0.363 e. The lowest BCUT2D eigenvalue weighted by atomic mass is 10.4. The molecule has 0 saturated heterocycles. The predicted octanol–water partition coefficient (Wildman–Crippen LogP) is 0.978. The molecule has 0 aliphatic heterocycles. The van der Waals surface area contributed by atoms with Gasteiger partial charge in [-0.25, -0.2) is 18.1 Å². The van der Waals surface area contributed by atoms with Gasteiger partial charge in [0.15, 0.2) is 0 Å². The van der Waals surface area contributed by atoms with Crippen molar-refractivity contribution >= 4 is 21.4 Å². The molecule has 104 valence electrons. The summed E-state index contributed by atoms with van der Waals surface area (Å²) in [5.41, 5.74) is 1.73. The Morgan fingerprint density at radius 1 is 1.42 bits per heavy atom. The molecule has 0 unspecified atom stereocenters. The van der Waals surface area contributed by atoms with Crippen molar-refractivity contribution in [3.8, 4) is 0 Å². The maximum atomic E-state index is 12.1. The predicted molar refractivity (Wildman–Crippen MR) is 74.4 cm³/mol. The number of aromatic nitrogens is 2. The van der Waals surface area contributed by atoms with E-state index in [4.69, 9.17) is 0 Å². The van der Waals surface area contributed by atoms with E-state index in [0.717, 1.165) is 16.4 Å². The molecule has 0 spiro atoms. The van der Waals surface area contributed by atoms with Crippen molar-refractivity contribution in [1.29, 1.82) is 0 Å². The number of thiazole rings is 1. The minimum absolute atomic E-state index is 0.216. The molecule has 8 heteroatoms. The highest BCUT2D eigenvalue weighted by Gasteiger charge is 2.16. The first-order chi connectivity index (χ1) is 9.01. The average Bonchev–Trinajstić information content (AvgIpc) is 2.97. The summed E-state index contributed by atoms with van der Waals surface area (Å²) in [6.07, 6.45) is 1.49. The molecule has 19 heavy (non-hydrogen) atoms. The Labute approximate surface area is 116 Å². The van der Waals surface area contributed by atoms with Gasteiger partial charge in [-0.05, 0) is 20.0 Å². The summed E-state index contributed by atoms with van der Waals surface area (Å²) < 4.78 is 26.7. The quantitative estimate of drug-likeness (QED) is 0.742. The highest BCUT2D eigenvalue weighted by molar-refractivity contribution is 7.89. The maximum Gasteiger partial charge on any atom is 0.242 e. The first-order valence-electron chi connectivity index (χ1n) is 5.74. The molecule has 0 aliphatic rings. The van der Waals surface area contributed by atoms with Gasteiger partial charge >= 0.3 is 0 Å². The van der Waals surface area contributed by atoms with Gasteiger partial charge in [0.2, 0.25) is 10.0 Å². The van der Waals surface area contributed by atoms with Crippen LogP contribution in [0.3, 0.4) is 0 Å². The van der Waals surface area contributed by atoms with Crippen LogP contribution >= 0.6 is 11.3 Å². The van der Waals surface area contributed by atoms with Crippen molar-refractivity contribution in [1.82, 2.24) is 20.0 Å². The van der Waals surface area contributed by atoms with E-state index in [9.17, 15) is 8.42 Å². The lowest BCUT2D eigenvalue weighted by molar-refractivity contribution is 0.581. The fraction of sp³-hybridized carbons (Fsp3) is 0.364. The second kappa shape index (κ2) is 5.83. The lowest BCUT2D eigenvalue weighted by Crippen LogP contribution is -2.22. The Kier molecular flexibility index (Phi) is 4.35. The molecular weight excluding hydrogens is 284 g/mol. The fourth-order valence-electron chi connectivity index (χ4n) is 1.59. The molecule has 0 aliphatic carbocycles. The van der Waals surface area contributed by atoms with Crippen LogP contribution in [0.5, 0.6) is 0 Å². The number of nitrogens with zero attached hydrogens (tertiary/aromatic N) is 1. The van der Waals surface area contributed by atoms with Crippen LogP contribution in [-0.4, -0.2) is 25.4 Å². The zero-order valence-electron chi connectivity index (χ0n) is 10.7. The van der Waals surface area contributed by atoms with E-state index in [-0.39, 0.29) is 11.4 Å². The first-order valence-corrected chi connectivity index (χ1v) is 8.10. The van der Waals surface area contributed by atoms with E-state index in [0.29, 0.717) is 6.54 Å². The van der Waals surface area contributed by atoms with E-state index in [1.165, 1.54) is 17.5 Å². The Morgan fingerprint density at radius 3 is 2.84 bits per heavy atom. The van der Waals surface area contributed by atoms with Crippen LogP contribution in [0.1, 0.15) is 16.4 Å². The number of hydrogen-bond donors (Lipinski definition) is 3. The standard InChI is InChI=1S/C11H16N4O2S2/c1-8-7-18-11(15-8)6-14-19(16,17)10-3-9(4-12-2)13-5-10/h3,5,7,12-14H,4,6H2,1-2H3. The highest BCUT2D eigenvalue weighted by atomic mass is 32.2. The summed E-state index contributed by atoms with van der Waals surface area (Å²) in [6.45, 7) is 2.69. The second-order valence-electron chi connectivity index (χ2n) is 4.10. The van der Waals surface area contributed by atoms with Gasteiger partial charge < -0.3 is 10.3 Å². The van der Waals surface area contributed by atoms with E-state index in [1.807, 2.05) is 12.3 Å².